The molecule has 0 bridgehead atoms. The highest BCUT2D eigenvalue weighted by molar-refractivity contribution is 6.08. The molecule has 0 aliphatic rings. The fourth-order valence-electron chi connectivity index (χ4n) is 1.75. The summed E-state index contributed by atoms with van der Waals surface area (Å²) in [5.41, 5.74) is -0.227. The number of phenols is 2. The SMILES string of the molecule is CC(=O)c1c(O)c(O)cc2c(C)cc(=O)oc12. The molecule has 0 unspecified atom stereocenters. The van der Waals surface area contributed by atoms with Gasteiger partial charge in [-0.25, -0.2) is 4.79 Å². The number of hydrogen-bond acceptors (Lipinski definition) is 5. The van der Waals surface area contributed by atoms with Gasteiger partial charge in [-0.15, -0.1) is 0 Å². The van der Waals surface area contributed by atoms with Crippen LogP contribution in [-0.2, 0) is 0 Å². The number of carbonyl (C=O) groups excluding carboxylic acids is 1. The van der Waals surface area contributed by atoms with Crippen molar-refractivity contribution in [3.8, 4) is 11.5 Å². The van der Waals surface area contributed by atoms with Gasteiger partial charge in [-0.3, -0.25) is 4.79 Å². The van der Waals surface area contributed by atoms with Crippen molar-refractivity contribution in [2.45, 2.75) is 13.8 Å². The van der Waals surface area contributed by atoms with Crippen LogP contribution in [0.25, 0.3) is 11.0 Å². The van der Waals surface area contributed by atoms with Gasteiger partial charge in [0.05, 0.1) is 0 Å². The van der Waals surface area contributed by atoms with Gasteiger partial charge < -0.3 is 14.6 Å². The highest BCUT2D eigenvalue weighted by Gasteiger charge is 2.19. The molecule has 0 spiro atoms. The van der Waals surface area contributed by atoms with Crippen LogP contribution < -0.4 is 5.63 Å². The van der Waals surface area contributed by atoms with E-state index in [-0.39, 0.29) is 11.1 Å². The average Bonchev–Trinajstić information content (AvgIpc) is 2.20. The van der Waals surface area contributed by atoms with Crippen LogP contribution in [0.2, 0.25) is 0 Å². The van der Waals surface area contributed by atoms with Crippen molar-refractivity contribution >= 4 is 16.8 Å². The van der Waals surface area contributed by atoms with Gasteiger partial charge in [0.15, 0.2) is 22.9 Å². The van der Waals surface area contributed by atoms with Crippen LogP contribution >= 0.6 is 0 Å². The predicted octanol–water partition coefficient (Wildman–Crippen LogP) is 1.72. The normalized spacial score (nSPS) is 10.7. The minimum absolute atomic E-state index is 0.00204. The number of rotatable bonds is 1. The van der Waals surface area contributed by atoms with Gasteiger partial charge in [0, 0.05) is 11.5 Å². The molecule has 0 aliphatic heterocycles. The van der Waals surface area contributed by atoms with Gasteiger partial charge in [-0.2, -0.15) is 0 Å². The van der Waals surface area contributed by atoms with Gasteiger partial charge in [0.2, 0.25) is 0 Å². The molecule has 2 rings (SSSR count). The number of carbonyl (C=O) groups is 1. The minimum atomic E-state index is -0.609. The molecular weight excluding hydrogens is 224 g/mol. The predicted molar refractivity (Wildman–Crippen MR) is 60.6 cm³/mol. The van der Waals surface area contributed by atoms with Gasteiger partial charge in [0.25, 0.3) is 0 Å². The number of Topliss-reactive ketones (excluding diaryl/α,β-unsaturated/α-hetero) is 1. The van der Waals surface area contributed by atoms with E-state index in [0.29, 0.717) is 10.9 Å². The lowest BCUT2D eigenvalue weighted by Gasteiger charge is -2.08. The molecule has 0 atom stereocenters. The third kappa shape index (κ3) is 1.65. The molecule has 88 valence electrons. The van der Waals surface area contributed by atoms with Crippen LogP contribution in [0.15, 0.2) is 21.3 Å². The number of aromatic hydroxyl groups is 2. The lowest BCUT2D eigenvalue weighted by atomic mass is 10.0. The van der Waals surface area contributed by atoms with Crippen LogP contribution in [0.3, 0.4) is 0 Å². The summed E-state index contributed by atoms with van der Waals surface area (Å²) in [6, 6.07) is 2.51. The lowest BCUT2D eigenvalue weighted by Crippen LogP contribution is -2.02. The zero-order chi connectivity index (χ0) is 12.7. The second-order valence-electron chi connectivity index (χ2n) is 3.80. The van der Waals surface area contributed by atoms with E-state index in [1.807, 2.05) is 0 Å². The Kier molecular flexibility index (Phi) is 2.38. The molecular formula is C12H10O5. The first-order valence-corrected chi connectivity index (χ1v) is 4.92. The summed E-state index contributed by atoms with van der Waals surface area (Å²) in [5, 5.41) is 19.6. The lowest BCUT2D eigenvalue weighted by molar-refractivity contribution is 0.101. The van der Waals surface area contributed by atoms with E-state index in [4.69, 9.17) is 4.42 Å². The van der Waals surface area contributed by atoms with Crippen molar-refractivity contribution < 1.29 is 19.4 Å². The summed E-state index contributed by atoms with van der Waals surface area (Å²) in [7, 11) is 0. The first-order valence-electron chi connectivity index (χ1n) is 4.92. The highest BCUT2D eigenvalue weighted by Crippen LogP contribution is 2.36. The number of hydrogen-bond donors (Lipinski definition) is 2. The Morgan fingerprint density at radius 1 is 1.29 bits per heavy atom. The molecule has 17 heavy (non-hydrogen) atoms. The Morgan fingerprint density at radius 3 is 2.53 bits per heavy atom. The third-order valence-corrected chi connectivity index (χ3v) is 2.55. The quantitative estimate of drug-likeness (QED) is 0.445. The average molecular weight is 234 g/mol. The van der Waals surface area contributed by atoms with Crippen LogP contribution in [0.1, 0.15) is 22.8 Å². The zero-order valence-electron chi connectivity index (χ0n) is 9.27. The molecule has 1 aromatic carbocycles. The van der Waals surface area contributed by atoms with Gasteiger partial charge in [0.1, 0.15) is 5.56 Å². The number of phenolic OH excluding ortho intramolecular Hbond substituents is 2. The maximum Gasteiger partial charge on any atom is 0.336 e. The van der Waals surface area contributed by atoms with Crippen molar-refractivity contribution in [3.05, 3.63) is 33.7 Å². The fourth-order valence-corrected chi connectivity index (χ4v) is 1.75. The molecule has 5 nitrogen and oxygen atoms in total. The van der Waals surface area contributed by atoms with E-state index < -0.39 is 22.9 Å². The Labute approximate surface area is 95.9 Å². The second kappa shape index (κ2) is 3.62. The molecule has 1 aromatic heterocycles. The summed E-state index contributed by atoms with van der Waals surface area (Å²) in [4.78, 5) is 22.7. The van der Waals surface area contributed by atoms with E-state index in [9.17, 15) is 19.8 Å². The van der Waals surface area contributed by atoms with E-state index in [1.165, 1.54) is 19.1 Å². The Morgan fingerprint density at radius 2 is 1.94 bits per heavy atom. The minimum Gasteiger partial charge on any atom is -0.504 e. The summed E-state index contributed by atoms with van der Waals surface area (Å²) < 4.78 is 4.92. The van der Waals surface area contributed by atoms with E-state index in [1.54, 1.807) is 6.92 Å². The summed E-state index contributed by atoms with van der Waals surface area (Å²) in [6.07, 6.45) is 0. The van der Waals surface area contributed by atoms with Crippen LogP contribution in [0.5, 0.6) is 11.5 Å². The molecule has 0 radical (unpaired) electrons. The topological polar surface area (TPSA) is 87.7 Å². The molecule has 0 amide bonds. The van der Waals surface area contributed by atoms with Gasteiger partial charge in [-0.05, 0) is 25.5 Å². The molecule has 1 heterocycles. The Balaban J connectivity index is 3.09. The first kappa shape index (κ1) is 11.2. The van der Waals surface area contributed by atoms with Crippen molar-refractivity contribution in [3.63, 3.8) is 0 Å². The summed E-state index contributed by atoms with van der Waals surface area (Å²) >= 11 is 0. The number of ketones is 1. The van der Waals surface area contributed by atoms with Crippen molar-refractivity contribution in [2.75, 3.05) is 0 Å². The molecule has 5 heteroatoms. The maximum atomic E-state index is 11.4. The number of aryl methyl sites for hydroxylation is 1. The van der Waals surface area contributed by atoms with Crippen LogP contribution in [-0.4, -0.2) is 16.0 Å². The summed E-state index contributed by atoms with van der Waals surface area (Å²) in [6.45, 7) is 2.87. The van der Waals surface area contributed by atoms with Crippen molar-refractivity contribution in [1.82, 2.24) is 0 Å². The smallest absolute Gasteiger partial charge is 0.336 e. The number of fused-ring (bicyclic) bond motifs is 1. The maximum absolute atomic E-state index is 11.4. The van der Waals surface area contributed by atoms with E-state index in [2.05, 4.69) is 0 Å². The molecule has 0 saturated heterocycles. The van der Waals surface area contributed by atoms with Crippen molar-refractivity contribution in [2.24, 2.45) is 0 Å². The number of benzene rings is 1. The molecule has 2 N–H and O–H groups in total. The van der Waals surface area contributed by atoms with Crippen molar-refractivity contribution in [1.29, 1.82) is 0 Å². The monoisotopic (exact) mass is 234 g/mol. The fraction of sp³-hybridized carbons (Fsp3) is 0.167. The first-order chi connectivity index (χ1) is 7.91. The molecule has 2 aromatic rings. The Hall–Kier alpha value is -2.30. The molecule has 0 aliphatic carbocycles. The van der Waals surface area contributed by atoms with Crippen LogP contribution in [0.4, 0.5) is 0 Å². The van der Waals surface area contributed by atoms with Gasteiger partial charge >= 0.3 is 5.63 Å². The van der Waals surface area contributed by atoms with Gasteiger partial charge in [-0.1, -0.05) is 0 Å². The zero-order valence-corrected chi connectivity index (χ0v) is 9.27. The molecule has 0 saturated carbocycles. The largest absolute Gasteiger partial charge is 0.504 e. The standard InChI is InChI=1S/C12H10O5/c1-5-3-9(15)17-12-7(5)4-8(14)11(16)10(12)6(2)13/h3-4,14,16H,1-2H3. The van der Waals surface area contributed by atoms with E-state index >= 15 is 0 Å². The molecule has 0 fully saturated rings. The second-order valence-corrected chi connectivity index (χ2v) is 3.80. The Bertz CT molecular complexity index is 681. The van der Waals surface area contributed by atoms with E-state index in [0.717, 1.165) is 0 Å². The highest BCUT2D eigenvalue weighted by atomic mass is 16.4. The third-order valence-electron chi connectivity index (χ3n) is 2.55. The summed E-state index contributed by atoms with van der Waals surface area (Å²) in [5.74, 6) is -1.48. The van der Waals surface area contributed by atoms with Crippen LogP contribution in [0, 0.1) is 6.92 Å².